The Balaban J connectivity index is 1.91. The standard InChI is InChI=1S/C18H28N2O4S/c1-18(2)15(23)19(11-5-3-7-13(21)9-11)17(25)20(16(18)24)12-6-4-8-14(22)10-12/h11-14,21-22H,3-10H2,1-2H3. The van der Waals surface area contributed by atoms with Crippen LogP contribution in [0.2, 0.25) is 0 Å². The minimum atomic E-state index is -1.17. The van der Waals surface area contributed by atoms with Gasteiger partial charge in [-0.05, 0) is 77.4 Å². The first-order chi connectivity index (χ1) is 11.7. The molecule has 2 N–H and O–H groups in total. The highest BCUT2D eigenvalue weighted by atomic mass is 32.1. The zero-order chi connectivity index (χ0) is 18.4. The fraction of sp³-hybridized carbons (Fsp3) is 0.833. The average molecular weight is 368 g/mol. The Kier molecular flexibility index (Phi) is 5.19. The summed E-state index contributed by atoms with van der Waals surface area (Å²) >= 11 is 5.59. The second-order valence-electron chi connectivity index (χ2n) is 8.21. The number of aliphatic hydroxyl groups excluding tert-OH is 2. The summed E-state index contributed by atoms with van der Waals surface area (Å²) in [6.07, 6.45) is 4.87. The predicted octanol–water partition coefficient (Wildman–Crippen LogP) is 1.58. The van der Waals surface area contributed by atoms with Crippen LogP contribution in [0.15, 0.2) is 0 Å². The van der Waals surface area contributed by atoms with E-state index < -0.39 is 17.6 Å². The first kappa shape index (κ1) is 18.7. The molecule has 3 fully saturated rings. The second kappa shape index (κ2) is 6.93. The zero-order valence-corrected chi connectivity index (χ0v) is 15.8. The molecule has 0 spiro atoms. The molecule has 25 heavy (non-hydrogen) atoms. The van der Waals surface area contributed by atoms with Crippen molar-refractivity contribution in [1.29, 1.82) is 0 Å². The summed E-state index contributed by atoms with van der Waals surface area (Å²) in [5.74, 6) is -0.539. The van der Waals surface area contributed by atoms with Crippen LogP contribution in [0.1, 0.15) is 65.2 Å². The molecule has 2 aliphatic carbocycles. The highest BCUT2D eigenvalue weighted by Crippen LogP contribution is 2.37. The molecule has 0 aromatic heterocycles. The zero-order valence-electron chi connectivity index (χ0n) is 15.0. The van der Waals surface area contributed by atoms with E-state index in [1.165, 1.54) is 0 Å². The largest absolute Gasteiger partial charge is 0.393 e. The highest BCUT2D eigenvalue weighted by Gasteiger charge is 2.53. The normalized spacial score (nSPS) is 36.7. The quantitative estimate of drug-likeness (QED) is 0.571. The number of aliphatic hydroxyl groups is 2. The summed E-state index contributed by atoms with van der Waals surface area (Å²) in [7, 11) is 0. The van der Waals surface area contributed by atoms with E-state index in [9.17, 15) is 19.8 Å². The van der Waals surface area contributed by atoms with Gasteiger partial charge in [-0.1, -0.05) is 0 Å². The third kappa shape index (κ3) is 3.34. The van der Waals surface area contributed by atoms with E-state index in [1.807, 2.05) is 0 Å². The summed E-state index contributed by atoms with van der Waals surface area (Å²) in [5, 5.41) is 20.3. The van der Waals surface area contributed by atoms with Crippen molar-refractivity contribution in [2.24, 2.45) is 5.41 Å². The first-order valence-electron chi connectivity index (χ1n) is 9.31. The lowest BCUT2D eigenvalue weighted by atomic mass is 9.82. The number of hydrogen-bond donors (Lipinski definition) is 2. The Morgan fingerprint density at radius 2 is 1.28 bits per heavy atom. The third-order valence-electron chi connectivity index (χ3n) is 5.89. The molecule has 140 valence electrons. The van der Waals surface area contributed by atoms with Crippen molar-refractivity contribution >= 4 is 29.1 Å². The predicted molar refractivity (Wildman–Crippen MR) is 96.6 cm³/mol. The summed E-state index contributed by atoms with van der Waals surface area (Å²) < 4.78 is 0. The smallest absolute Gasteiger partial charge is 0.244 e. The molecular formula is C18H28N2O4S. The summed E-state index contributed by atoms with van der Waals surface area (Å²) in [6.45, 7) is 3.30. The van der Waals surface area contributed by atoms with E-state index in [4.69, 9.17) is 12.2 Å². The number of carbonyl (C=O) groups excluding carboxylic acids is 2. The molecule has 4 unspecified atom stereocenters. The molecule has 3 aliphatic rings. The van der Waals surface area contributed by atoms with Gasteiger partial charge in [-0.15, -0.1) is 0 Å². The maximum Gasteiger partial charge on any atom is 0.244 e. The molecular weight excluding hydrogens is 340 g/mol. The third-order valence-corrected chi connectivity index (χ3v) is 6.28. The van der Waals surface area contributed by atoms with Crippen LogP contribution in [0.25, 0.3) is 0 Å². The van der Waals surface area contributed by atoms with Crippen molar-refractivity contribution in [3.05, 3.63) is 0 Å². The average Bonchev–Trinajstić information content (AvgIpc) is 2.54. The summed E-state index contributed by atoms with van der Waals surface area (Å²) in [4.78, 5) is 29.2. The fourth-order valence-electron chi connectivity index (χ4n) is 4.37. The van der Waals surface area contributed by atoms with E-state index in [1.54, 1.807) is 23.6 Å². The van der Waals surface area contributed by atoms with Gasteiger partial charge >= 0.3 is 0 Å². The lowest BCUT2D eigenvalue weighted by molar-refractivity contribution is -0.158. The molecule has 7 heteroatoms. The van der Waals surface area contributed by atoms with Gasteiger partial charge in [0.25, 0.3) is 0 Å². The van der Waals surface area contributed by atoms with E-state index >= 15 is 0 Å². The van der Waals surface area contributed by atoms with E-state index in [2.05, 4.69) is 0 Å². The minimum Gasteiger partial charge on any atom is -0.393 e. The molecule has 2 saturated carbocycles. The molecule has 1 heterocycles. The molecule has 4 atom stereocenters. The van der Waals surface area contributed by atoms with E-state index in [0.717, 1.165) is 38.5 Å². The SMILES string of the molecule is CC1(C)C(=O)N(C2CCCC(O)C2)C(=S)N(C2CCCC(O)C2)C1=O. The number of carbonyl (C=O) groups is 2. The molecule has 1 aliphatic heterocycles. The van der Waals surface area contributed by atoms with Gasteiger partial charge in [-0.25, -0.2) is 0 Å². The van der Waals surface area contributed by atoms with Crippen LogP contribution in [-0.4, -0.2) is 61.2 Å². The minimum absolute atomic E-state index is 0.160. The van der Waals surface area contributed by atoms with Crippen LogP contribution in [0, 0.1) is 5.41 Å². The monoisotopic (exact) mass is 368 g/mol. The maximum atomic E-state index is 13.0. The van der Waals surface area contributed by atoms with E-state index in [0.29, 0.717) is 12.8 Å². The van der Waals surface area contributed by atoms with Crippen LogP contribution in [0.4, 0.5) is 0 Å². The fourth-order valence-corrected chi connectivity index (χ4v) is 4.84. The molecule has 0 bridgehead atoms. The lowest BCUT2D eigenvalue weighted by Crippen LogP contribution is -2.68. The molecule has 1 saturated heterocycles. The number of hydrogen-bond acceptors (Lipinski definition) is 5. The number of thiocarbonyl (C=S) groups is 1. The van der Waals surface area contributed by atoms with Crippen LogP contribution in [-0.2, 0) is 9.59 Å². The van der Waals surface area contributed by atoms with Crippen molar-refractivity contribution < 1.29 is 19.8 Å². The van der Waals surface area contributed by atoms with Gasteiger partial charge in [0.05, 0.1) is 12.2 Å². The molecule has 0 aromatic carbocycles. The summed E-state index contributed by atoms with van der Waals surface area (Å²) in [6, 6.07) is -0.320. The van der Waals surface area contributed by atoms with Gasteiger partial charge in [0.1, 0.15) is 5.41 Å². The van der Waals surface area contributed by atoms with Gasteiger partial charge < -0.3 is 10.2 Å². The van der Waals surface area contributed by atoms with Crippen molar-refractivity contribution in [3.8, 4) is 0 Å². The Labute approximate surface area is 154 Å². The van der Waals surface area contributed by atoms with E-state index in [-0.39, 0.29) is 29.0 Å². The van der Waals surface area contributed by atoms with Crippen molar-refractivity contribution in [3.63, 3.8) is 0 Å². The van der Waals surface area contributed by atoms with Crippen LogP contribution < -0.4 is 0 Å². The number of rotatable bonds is 2. The van der Waals surface area contributed by atoms with Crippen molar-refractivity contribution in [2.75, 3.05) is 0 Å². The van der Waals surface area contributed by atoms with Gasteiger partial charge in [0.2, 0.25) is 11.8 Å². The number of nitrogens with zero attached hydrogens (tertiary/aromatic N) is 2. The topological polar surface area (TPSA) is 81.1 Å². The Morgan fingerprint density at radius 1 is 0.880 bits per heavy atom. The summed E-state index contributed by atoms with van der Waals surface area (Å²) in [5.41, 5.74) is -1.17. The first-order valence-corrected chi connectivity index (χ1v) is 9.71. The second-order valence-corrected chi connectivity index (χ2v) is 8.57. The molecule has 0 radical (unpaired) electrons. The van der Waals surface area contributed by atoms with Crippen molar-refractivity contribution in [1.82, 2.24) is 9.80 Å². The van der Waals surface area contributed by atoms with Crippen LogP contribution in [0.5, 0.6) is 0 Å². The van der Waals surface area contributed by atoms with Gasteiger partial charge in [0, 0.05) is 12.1 Å². The lowest BCUT2D eigenvalue weighted by Gasteiger charge is -2.50. The van der Waals surface area contributed by atoms with Crippen molar-refractivity contribution in [2.45, 2.75) is 89.5 Å². The van der Waals surface area contributed by atoms with Crippen LogP contribution in [0.3, 0.4) is 0 Å². The molecule has 3 rings (SSSR count). The van der Waals surface area contributed by atoms with Crippen LogP contribution >= 0.6 is 12.2 Å². The Bertz CT molecular complexity index is 533. The molecule has 0 aromatic rings. The van der Waals surface area contributed by atoms with Gasteiger partial charge in [-0.2, -0.15) is 0 Å². The highest BCUT2D eigenvalue weighted by molar-refractivity contribution is 7.80. The molecule has 6 nitrogen and oxygen atoms in total. The van der Waals surface area contributed by atoms with Gasteiger partial charge in [0.15, 0.2) is 5.11 Å². The Morgan fingerprint density at radius 3 is 1.64 bits per heavy atom. The Hall–Kier alpha value is -1.05. The maximum absolute atomic E-state index is 13.0. The van der Waals surface area contributed by atoms with Gasteiger partial charge in [-0.3, -0.25) is 19.4 Å². The molecule has 2 amide bonds. The number of amides is 2.